The number of rotatable bonds is 3. The first-order valence-corrected chi connectivity index (χ1v) is 7.30. The number of benzene rings is 1. The third kappa shape index (κ3) is 4.99. The lowest BCUT2D eigenvalue weighted by atomic mass is 9.95. The lowest BCUT2D eigenvalue weighted by Gasteiger charge is -2.34. The average Bonchev–Trinajstić information content (AvgIpc) is 2.38. The number of likely N-dealkylation sites (tertiary alicyclic amines) is 1. The number of nitrogens with zero attached hydrogens (tertiary/aromatic N) is 1. The maximum Gasteiger partial charge on any atom is 0.238 e. The summed E-state index contributed by atoms with van der Waals surface area (Å²) in [5.41, 5.74) is 9.17. The molecule has 2 rings (SSSR count). The third-order valence-electron chi connectivity index (χ3n) is 4.09. The lowest BCUT2D eigenvalue weighted by molar-refractivity contribution is -0.117. The number of amides is 1. The van der Waals surface area contributed by atoms with Gasteiger partial charge in [-0.15, -0.1) is 12.4 Å². The first-order valence-electron chi connectivity index (χ1n) is 7.30. The van der Waals surface area contributed by atoms with Crippen LogP contribution in [0.1, 0.15) is 24.5 Å². The Morgan fingerprint density at radius 1 is 1.43 bits per heavy atom. The highest BCUT2D eigenvalue weighted by atomic mass is 35.5. The van der Waals surface area contributed by atoms with Crippen LogP contribution < -0.4 is 11.1 Å². The summed E-state index contributed by atoms with van der Waals surface area (Å²) < 4.78 is 0. The van der Waals surface area contributed by atoms with Crippen LogP contribution in [0.25, 0.3) is 0 Å². The van der Waals surface area contributed by atoms with E-state index < -0.39 is 0 Å². The van der Waals surface area contributed by atoms with Crippen molar-refractivity contribution in [1.82, 2.24) is 4.90 Å². The number of carbonyl (C=O) groups is 1. The molecule has 2 unspecified atom stereocenters. The molecule has 0 saturated carbocycles. The quantitative estimate of drug-likeness (QED) is 0.901. The second-order valence-electron chi connectivity index (χ2n) is 6.03. The monoisotopic (exact) mass is 311 g/mol. The molecule has 1 heterocycles. The number of hydrogen-bond donors (Lipinski definition) is 2. The van der Waals surface area contributed by atoms with E-state index in [2.05, 4.69) is 23.2 Å². The van der Waals surface area contributed by atoms with Crippen molar-refractivity contribution in [3.05, 3.63) is 29.3 Å². The predicted molar refractivity (Wildman–Crippen MR) is 90.0 cm³/mol. The molecule has 0 aliphatic carbocycles. The highest BCUT2D eigenvalue weighted by molar-refractivity contribution is 5.93. The number of hydrogen-bond acceptors (Lipinski definition) is 3. The number of nitrogens with one attached hydrogen (secondary N) is 1. The van der Waals surface area contributed by atoms with Crippen LogP contribution in [0.15, 0.2) is 18.2 Å². The normalized spacial score (nSPS) is 22.5. The fourth-order valence-electron chi connectivity index (χ4n) is 2.66. The number of anilines is 1. The molecule has 3 N–H and O–H groups in total. The van der Waals surface area contributed by atoms with Gasteiger partial charge >= 0.3 is 0 Å². The smallest absolute Gasteiger partial charge is 0.238 e. The maximum atomic E-state index is 12.1. The third-order valence-corrected chi connectivity index (χ3v) is 4.09. The van der Waals surface area contributed by atoms with Crippen LogP contribution in [0, 0.1) is 19.8 Å². The summed E-state index contributed by atoms with van der Waals surface area (Å²) in [7, 11) is 0. The molecule has 1 fully saturated rings. The van der Waals surface area contributed by atoms with Crippen molar-refractivity contribution in [1.29, 1.82) is 0 Å². The van der Waals surface area contributed by atoms with Crippen LogP contribution >= 0.6 is 12.4 Å². The first-order chi connectivity index (χ1) is 9.45. The fraction of sp³-hybridized carbons (Fsp3) is 0.562. The van der Waals surface area contributed by atoms with Gasteiger partial charge in [-0.1, -0.05) is 19.1 Å². The zero-order valence-electron chi connectivity index (χ0n) is 13.1. The summed E-state index contributed by atoms with van der Waals surface area (Å²) >= 11 is 0. The zero-order valence-corrected chi connectivity index (χ0v) is 13.9. The second kappa shape index (κ2) is 7.78. The molecule has 5 heteroatoms. The number of nitrogens with two attached hydrogens (primary N) is 1. The summed E-state index contributed by atoms with van der Waals surface area (Å²) in [5.74, 6) is 0.513. The minimum absolute atomic E-state index is 0. The van der Waals surface area contributed by atoms with Crippen LogP contribution in [0.5, 0.6) is 0 Å². The zero-order chi connectivity index (χ0) is 14.7. The van der Waals surface area contributed by atoms with E-state index in [1.165, 1.54) is 0 Å². The van der Waals surface area contributed by atoms with E-state index in [-0.39, 0.29) is 24.4 Å². The molecule has 1 amide bonds. The highest BCUT2D eigenvalue weighted by Crippen LogP contribution is 2.17. The van der Waals surface area contributed by atoms with E-state index in [1.54, 1.807) is 0 Å². The number of carbonyl (C=O) groups excluding carboxylic acids is 1. The van der Waals surface area contributed by atoms with Crippen LogP contribution in [0.2, 0.25) is 0 Å². The van der Waals surface area contributed by atoms with Gasteiger partial charge in [-0.3, -0.25) is 9.69 Å². The molecular weight excluding hydrogens is 286 g/mol. The lowest BCUT2D eigenvalue weighted by Crippen LogP contribution is -2.48. The van der Waals surface area contributed by atoms with Gasteiger partial charge in [0, 0.05) is 24.8 Å². The Balaban J connectivity index is 0.00000220. The molecule has 0 aromatic heterocycles. The van der Waals surface area contributed by atoms with Gasteiger partial charge in [0.2, 0.25) is 5.91 Å². The Kier molecular flexibility index (Phi) is 6.65. The molecular formula is C16H26ClN3O. The Morgan fingerprint density at radius 2 is 2.14 bits per heavy atom. The molecule has 118 valence electrons. The molecule has 1 aromatic rings. The SMILES string of the molecule is Cc1ccc(C)c(NC(=O)CN2CCC(N)C(C)C2)c1.Cl. The first kappa shape index (κ1) is 18.0. The molecule has 0 radical (unpaired) electrons. The van der Waals surface area contributed by atoms with Crippen molar-refractivity contribution in [3.8, 4) is 0 Å². The molecule has 1 saturated heterocycles. The molecule has 1 aliphatic heterocycles. The Hall–Kier alpha value is -1.10. The fourth-order valence-corrected chi connectivity index (χ4v) is 2.66. The summed E-state index contributed by atoms with van der Waals surface area (Å²) in [6.45, 7) is 8.46. The summed E-state index contributed by atoms with van der Waals surface area (Å²) in [6.07, 6.45) is 0.970. The Morgan fingerprint density at radius 3 is 2.81 bits per heavy atom. The molecule has 2 atom stereocenters. The van der Waals surface area contributed by atoms with Gasteiger partial charge in [-0.2, -0.15) is 0 Å². The summed E-state index contributed by atoms with van der Waals surface area (Å²) in [5, 5.41) is 3.01. The van der Waals surface area contributed by atoms with Crippen molar-refractivity contribution < 1.29 is 4.79 Å². The van der Waals surface area contributed by atoms with Gasteiger partial charge in [0.15, 0.2) is 0 Å². The maximum absolute atomic E-state index is 12.1. The van der Waals surface area contributed by atoms with Gasteiger partial charge in [0.25, 0.3) is 0 Å². The topological polar surface area (TPSA) is 58.4 Å². The predicted octanol–water partition coefficient (Wildman–Crippen LogP) is 2.33. The van der Waals surface area contributed by atoms with Crippen LogP contribution in [0.4, 0.5) is 5.69 Å². The molecule has 1 aliphatic rings. The van der Waals surface area contributed by atoms with E-state index in [0.717, 1.165) is 36.3 Å². The molecule has 21 heavy (non-hydrogen) atoms. The number of halogens is 1. The Labute approximate surface area is 133 Å². The molecule has 0 bridgehead atoms. The van der Waals surface area contributed by atoms with Gasteiger partial charge in [0.1, 0.15) is 0 Å². The van der Waals surface area contributed by atoms with E-state index in [1.807, 2.05) is 26.0 Å². The molecule has 1 aromatic carbocycles. The standard InChI is InChI=1S/C16H25N3O.ClH/c1-11-4-5-12(2)15(8-11)18-16(20)10-19-7-6-14(17)13(3)9-19;/h4-5,8,13-14H,6-7,9-10,17H2,1-3H3,(H,18,20);1H. The van der Waals surface area contributed by atoms with Gasteiger partial charge in [-0.25, -0.2) is 0 Å². The summed E-state index contributed by atoms with van der Waals surface area (Å²) in [4.78, 5) is 14.3. The Bertz CT molecular complexity index is 492. The minimum atomic E-state index is 0. The average molecular weight is 312 g/mol. The highest BCUT2D eigenvalue weighted by Gasteiger charge is 2.24. The van der Waals surface area contributed by atoms with E-state index in [9.17, 15) is 4.79 Å². The molecule has 4 nitrogen and oxygen atoms in total. The summed E-state index contributed by atoms with van der Waals surface area (Å²) in [6, 6.07) is 6.38. The van der Waals surface area contributed by atoms with E-state index in [4.69, 9.17) is 5.73 Å². The van der Waals surface area contributed by atoms with Crippen LogP contribution in [0.3, 0.4) is 0 Å². The van der Waals surface area contributed by atoms with Crippen molar-refractivity contribution in [2.45, 2.75) is 33.2 Å². The second-order valence-corrected chi connectivity index (χ2v) is 6.03. The van der Waals surface area contributed by atoms with Crippen molar-refractivity contribution in [2.24, 2.45) is 11.7 Å². The number of aryl methyl sites for hydroxylation is 2. The van der Waals surface area contributed by atoms with E-state index >= 15 is 0 Å². The minimum Gasteiger partial charge on any atom is -0.327 e. The van der Waals surface area contributed by atoms with Crippen molar-refractivity contribution in [3.63, 3.8) is 0 Å². The van der Waals surface area contributed by atoms with Gasteiger partial charge in [-0.05, 0) is 43.4 Å². The van der Waals surface area contributed by atoms with Crippen molar-refractivity contribution >= 4 is 24.0 Å². The molecule has 0 spiro atoms. The largest absolute Gasteiger partial charge is 0.327 e. The van der Waals surface area contributed by atoms with Gasteiger partial charge < -0.3 is 11.1 Å². The van der Waals surface area contributed by atoms with E-state index in [0.29, 0.717) is 12.5 Å². The van der Waals surface area contributed by atoms with Crippen molar-refractivity contribution in [2.75, 3.05) is 25.0 Å². The van der Waals surface area contributed by atoms with Crippen LogP contribution in [-0.4, -0.2) is 36.5 Å². The number of piperidine rings is 1. The van der Waals surface area contributed by atoms with Gasteiger partial charge in [0.05, 0.1) is 6.54 Å². The van der Waals surface area contributed by atoms with Crippen LogP contribution in [-0.2, 0) is 4.79 Å².